The van der Waals surface area contributed by atoms with Crippen LogP contribution in [0, 0.1) is 0 Å². The van der Waals surface area contributed by atoms with Gasteiger partial charge in [0.05, 0.1) is 11.3 Å². The van der Waals surface area contributed by atoms with E-state index in [1.54, 1.807) is 10.9 Å². The Morgan fingerprint density at radius 2 is 1.68 bits per heavy atom. The number of para-hydroxylation sites is 1. The number of hydrogen-bond donors (Lipinski definition) is 2. The van der Waals surface area contributed by atoms with Crippen molar-refractivity contribution in [1.82, 2.24) is 9.78 Å². The number of hydrogen-bond acceptors (Lipinski definition) is 3. The standard InChI is InChI=1S/C18H17N2O4P/c21-25(22,23)12-11-16-13-20(17-9-5-2-6-10-17)19-18(16)24-14-15-7-3-1-4-8-15/h1-13H,14H2,(H2,21,22,23). The van der Waals surface area contributed by atoms with Crippen LogP contribution in [-0.2, 0) is 11.2 Å². The highest BCUT2D eigenvalue weighted by molar-refractivity contribution is 7.55. The van der Waals surface area contributed by atoms with E-state index in [1.165, 1.54) is 6.08 Å². The second-order valence-electron chi connectivity index (χ2n) is 5.35. The van der Waals surface area contributed by atoms with E-state index in [4.69, 9.17) is 14.5 Å². The number of rotatable bonds is 6. The Hall–Kier alpha value is -2.66. The van der Waals surface area contributed by atoms with Crippen LogP contribution >= 0.6 is 7.60 Å². The van der Waals surface area contributed by atoms with Crippen molar-refractivity contribution in [1.29, 1.82) is 0 Å². The quantitative estimate of drug-likeness (QED) is 0.659. The molecule has 0 fully saturated rings. The molecule has 0 saturated heterocycles. The van der Waals surface area contributed by atoms with Gasteiger partial charge in [0, 0.05) is 12.0 Å². The third-order valence-corrected chi connectivity index (χ3v) is 3.93. The maximum absolute atomic E-state index is 11.1. The van der Waals surface area contributed by atoms with Gasteiger partial charge in [0.1, 0.15) is 6.61 Å². The van der Waals surface area contributed by atoms with Gasteiger partial charge in [-0.05, 0) is 23.8 Å². The van der Waals surface area contributed by atoms with Crippen molar-refractivity contribution in [2.45, 2.75) is 6.61 Å². The fourth-order valence-electron chi connectivity index (χ4n) is 2.21. The van der Waals surface area contributed by atoms with Gasteiger partial charge in [-0.2, -0.15) is 0 Å². The predicted molar refractivity (Wildman–Crippen MR) is 95.4 cm³/mol. The van der Waals surface area contributed by atoms with Crippen molar-refractivity contribution in [3.05, 3.63) is 83.8 Å². The molecule has 2 N–H and O–H groups in total. The molecule has 7 heteroatoms. The lowest BCUT2D eigenvalue weighted by molar-refractivity contribution is 0.291. The van der Waals surface area contributed by atoms with Gasteiger partial charge >= 0.3 is 7.60 Å². The number of nitrogens with zero attached hydrogens (tertiary/aromatic N) is 2. The van der Waals surface area contributed by atoms with Gasteiger partial charge in [-0.1, -0.05) is 48.5 Å². The fourth-order valence-corrected chi connectivity index (χ4v) is 2.57. The SMILES string of the molecule is O=P(O)(O)C=Cc1cn(-c2ccccc2)nc1OCc1ccccc1. The Morgan fingerprint density at radius 3 is 2.32 bits per heavy atom. The number of benzene rings is 2. The first-order valence-electron chi connectivity index (χ1n) is 7.57. The third kappa shape index (κ3) is 4.90. The molecule has 0 aliphatic carbocycles. The summed E-state index contributed by atoms with van der Waals surface area (Å²) in [4.78, 5) is 18.1. The zero-order chi connectivity index (χ0) is 17.7. The summed E-state index contributed by atoms with van der Waals surface area (Å²) in [5.41, 5.74) is 2.28. The van der Waals surface area contributed by atoms with Crippen LogP contribution < -0.4 is 4.74 Å². The lowest BCUT2D eigenvalue weighted by atomic mass is 10.2. The maximum atomic E-state index is 11.1. The molecule has 0 aliphatic heterocycles. The zero-order valence-electron chi connectivity index (χ0n) is 13.3. The minimum absolute atomic E-state index is 0.303. The normalized spacial score (nSPS) is 11.8. The molecule has 0 bridgehead atoms. The number of aromatic nitrogens is 2. The maximum Gasteiger partial charge on any atom is 0.349 e. The molecule has 25 heavy (non-hydrogen) atoms. The van der Waals surface area contributed by atoms with Gasteiger partial charge < -0.3 is 14.5 Å². The Bertz CT molecular complexity index is 901. The molecule has 0 spiro atoms. The van der Waals surface area contributed by atoms with Gasteiger partial charge in [-0.25, -0.2) is 4.68 Å². The van der Waals surface area contributed by atoms with Gasteiger partial charge in [0.25, 0.3) is 0 Å². The van der Waals surface area contributed by atoms with Crippen LogP contribution in [0.15, 0.2) is 72.7 Å². The highest BCUT2D eigenvalue weighted by atomic mass is 31.2. The first-order valence-corrected chi connectivity index (χ1v) is 9.26. The van der Waals surface area contributed by atoms with Crippen LogP contribution in [-0.4, -0.2) is 19.6 Å². The number of ether oxygens (including phenoxy) is 1. The summed E-state index contributed by atoms with van der Waals surface area (Å²) in [6, 6.07) is 19.0. The summed E-state index contributed by atoms with van der Waals surface area (Å²) in [5.74, 6) is 1.15. The molecule has 1 aromatic heterocycles. The molecular weight excluding hydrogens is 339 g/mol. The second kappa shape index (κ2) is 7.49. The van der Waals surface area contributed by atoms with Crippen LogP contribution in [0.25, 0.3) is 11.8 Å². The first-order chi connectivity index (χ1) is 12.0. The molecule has 2 aromatic carbocycles. The molecule has 3 aromatic rings. The lowest BCUT2D eigenvalue weighted by Crippen LogP contribution is -1.98. The average molecular weight is 356 g/mol. The average Bonchev–Trinajstić information content (AvgIpc) is 3.02. The van der Waals surface area contributed by atoms with Crippen LogP contribution in [0.3, 0.4) is 0 Å². The largest absolute Gasteiger partial charge is 0.471 e. The van der Waals surface area contributed by atoms with Gasteiger partial charge in [0.15, 0.2) is 0 Å². The van der Waals surface area contributed by atoms with Crippen LogP contribution in [0.5, 0.6) is 5.88 Å². The predicted octanol–water partition coefficient (Wildman–Crippen LogP) is 3.60. The summed E-state index contributed by atoms with van der Waals surface area (Å²) < 4.78 is 18.5. The molecule has 6 nitrogen and oxygen atoms in total. The van der Waals surface area contributed by atoms with Crippen molar-refractivity contribution in [2.24, 2.45) is 0 Å². The van der Waals surface area contributed by atoms with Gasteiger partial charge in [0.2, 0.25) is 5.88 Å². The summed E-state index contributed by atoms with van der Waals surface area (Å²) >= 11 is 0. The molecule has 0 radical (unpaired) electrons. The molecular formula is C18H17N2O4P. The van der Waals surface area contributed by atoms with E-state index in [2.05, 4.69) is 5.10 Å². The summed E-state index contributed by atoms with van der Waals surface area (Å²) in [5, 5.41) is 4.39. The van der Waals surface area contributed by atoms with E-state index in [0.717, 1.165) is 17.1 Å². The first kappa shape index (κ1) is 17.2. The smallest absolute Gasteiger partial charge is 0.349 e. The van der Waals surface area contributed by atoms with E-state index in [1.807, 2.05) is 60.7 Å². The van der Waals surface area contributed by atoms with Crippen LogP contribution in [0.2, 0.25) is 0 Å². The molecule has 0 atom stereocenters. The molecule has 3 rings (SSSR count). The minimum atomic E-state index is -4.26. The molecule has 0 aliphatic rings. The lowest BCUT2D eigenvalue weighted by Gasteiger charge is -2.04. The van der Waals surface area contributed by atoms with Gasteiger partial charge in [-0.15, -0.1) is 5.10 Å². The molecule has 0 saturated carbocycles. The minimum Gasteiger partial charge on any atom is -0.471 e. The highest BCUT2D eigenvalue weighted by Crippen LogP contribution is 2.37. The van der Waals surface area contributed by atoms with Crippen molar-refractivity contribution in [3.8, 4) is 11.6 Å². The van der Waals surface area contributed by atoms with Crippen molar-refractivity contribution >= 4 is 13.7 Å². The van der Waals surface area contributed by atoms with E-state index in [-0.39, 0.29) is 0 Å². The summed E-state index contributed by atoms with van der Waals surface area (Å²) in [7, 11) is -4.26. The molecule has 0 amide bonds. The molecule has 128 valence electrons. The second-order valence-corrected chi connectivity index (χ2v) is 6.83. The van der Waals surface area contributed by atoms with E-state index in [0.29, 0.717) is 18.1 Å². The van der Waals surface area contributed by atoms with Crippen LogP contribution in [0.4, 0.5) is 0 Å². The Labute approximate surface area is 145 Å². The van der Waals surface area contributed by atoms with Gasteiger partial charge in [-0.3, -0.25) is 4.57 Å². The third-order valence-electron chi connectivity index (χ3n) is 3.39. The molecule has 0 unspecified atom stereocenters. The van der Waals surface area contributed by atoms with Crippen LogP contribution in [0.1, 0.15) is 11.1 Å². The summed E-state index contributed by atoms with van der Waals surface area (Å²) in [6.07, 6.45) is 3.00. The molecule has 1 heterocycles. The zero-order valence-corrected chi connectivity index (χ0v) is 14.2. The van der Waals surface area contributed by atoms with Crippen molar-refractivity contribution in [3.63, 3.8) is 0 Å². The monoisotopic (exact) mass is 356 g/mol. The van der Waals surface area contributed by atoms with E-state index in [9.17, 15) is 4.57 Å². The fraction of sp³-hybridized carbons (Fsp3) is 0.0556. The topological polar surface area (TPSA) is 84.6 Å². The van der Waals surface area contributed by atoms with E-state index >= 15 is 0 Å². The summed E-state index contributed by atoms with van der Waals surface area (Å²) in [6.45, 7) is 0.309. The Morgan fingerprint density at radius 1 is 1.04 bits per heavy atom. The van der Waals surface area contributed by atoms with Crippen molar-refractivity contribution < 1.29 is 19.1 Å². The Balaban J connectivity index is 1.89. The highest BCUT2D eigenvalue weighted by Gasteiger charge is 2.12. The van der Waals surface area contributed by atoms with E-state index < -0.39 is 7.60 Å². The van der Waals surface area contributed by atoms with Crippen molar-refractivity contribution in [2.75, 3.05) is 0 Å². The Kier molecular flexibility index (Phi) is 5.14.